The van der Waals surface area contributed by atoms with Crippen molar-refractivity contribution in [3.05, 3.63) is 47.8 Å². The largest absolute Gasteiger partial charge is 0.390 e. The average molecular weight is 299 g/mol. The molecule has 1 amide bonds. The number of hydrogen-bond donors (Lipinski definition) is 0. The van der Waals surface area contributed by atoms with Crippen LogP contribution in [0.15, 0.2) is 36.4 Å². The van der Waals surface area contributed by atoms with Crippen LogP contribution >= 0.6 is 0 Å². The Morgan fingerprint density at radius 1 is 1.10 bits per heavy atom. The van der Waals surface area contributed by atoms with Crippen LogP contribution in [0.1, 0.15) is 16.8 Å². The minimum Gasteiger partial charge on any atom is -0.341 e. The first kappa shape index (κ1) is 15.3. The minimum absolute atomic E-state index is 0.191. The van der Waals surface area contributed by atoms with Gasteiger partial charge in [-0.2, -0.15) is 13.2 Å². The summed E-state index contributed by atoms with van der Waals surface area (Å²) in [6.07, 6.45) is -5.40. The fourth-order valence-corrected chi connectivity index (χ4v) is 2.05. The standard InChI is InChI=1S/C15H13F4NO/c1-20(9-8-15(17,18)19)14(21)12-6-7-13(16)11-5-3-2-4-10(11)12/h2-7H,8-9H2,1H3. The minimum atomic E-state index is -4.32. The number of rotatable bonds is 3. The van der Waals surface area contributed by atoms with E-state index in [0.29, 0.717) is 5.39 Å². The molecule has 6 heteroatoms. The van der Waals surface area contributed by atoms with Crippen LogP contribution in [0.25, 0.3) is 10.8 Å². The van der Waals surface area contributed by atoms with E-state index < -0.39 is 30.9 Å². The van der Waals surface area contributed by atoms with Gasteiger partial charge in [0.1, 0.15) is 5.82 Å². The van der Waals surface area contributed by atoms with E-state index in [2.05, 4.69) is 0 Å². The predicted molar refractivity (Wildman–Crippen MR) is 71.5 cm³/mol. The van der Waals surface area contributed by atoms with Crippen LogP contribution in [-0.2, 0) is 0 Å². The summed E-state index contributed by atoms with van der Waals surface area (Å²) in [6, 6.07) is 8.82. The van der Waals surface area contributed by atoms with E-state index in [9.17, 15) is 22.4 Å². The fourth-order valence-electron chi connectivity index (χ4n) is 2.05. The molecule has 2 nitrogen and oxygen atoms in total. The molecule has 0 aliphatic heterocycles. The van der Waals surface area contributed by atoms with Crippen molar-refractivity contribution in [2.45, 2.75) is 12.6 Å². The Morgan fingerprint density at radius 3 is 2.33 bits per heavy atom. The lowest BCUT2D eigenvalue weighted by Gasteiger charge is -2.19. The van der Waals surface area contributed by atoms with Crippen LogP contribution in [0, 0.1) is 5.82 Å². The van der Waals surface area contributed by atoms with Crippen LogP contribution in [-0.4, -0.2) is 30.6 Å². The summed E-state index contributed by atoms with van der Waals surface area (Å²) in [5, 5.41) is 0.661. The van der Waals surface area contributed by atoms with Crippen molar-refractivity contribution in [3.8, 4) is 0 Å². The Labute approximate surface area is 119 Å². The van der Waals surface area contributed by atoms with Gasteiger partial charge in [-0.25, -0.2) is 4.39 Å². The zero-order chi connectivity index (χ0) is 15.6. The van der Waals surface area contributed by atoms with Gasteiger partial charge in [0.15, 0.2) is 0 Å². The number of alkyl halides is 3. The second-order valence-electron chi connectivity index (χ2n) is 4.73. The van der Waals surface area contributed by atoms with Crippen LogP contribution in [0.3, 0.4) is 0 Å². The monoisotopic (exact) mass is 299 g/mol. The van der Waals surface area contributed by atoms with Crippen molar-refractivity contribution in [3.63, 3.8) is 0 Å². The van der Waals surface area contributed by atoms with Crippen molar-refractivity contribution in [2.24, 2.45) is 0 Å². The molecule has 0 heterocycles. The Kier molecular flexibility index (Phi) is 4.16. The van der Waals surface area contributed by atoms with Crippen LogP contribution < -0.4 is 0 Å². The summed E-state index contributed by atoms with van der Waals surface area (Å²) in [6.45, 7) is -0.436. The molecule has 0 atom stereocenters. The first-order valence-corrected chi connectivity index (χ1v) is 6.29. The van der Waals surface area contributed by atoms with E-state index in [1.165, 1.54) is 19.2 Å². The van der Waals surface area contributed by atoms with Gasteiger partial charge in [-0.3, -0.25) is 4.79 Å². The van der Waals surface area contributed by atoms with E-state index in [-0.39, 0.29) is 10.9 Å². The van der Waals surface area contributed by atoms with Crippen molar-refractivity contribution >= 4 is 16.7 Å². The Morgan fingerprint density at radius 2 is 1.71 bits per heavy atom. The van der Waals surface area contributed by atoms with E-state index in [4.69, 9.17) is 0 Å². The SMILES string of the molecule is CN(CCC(F)(F)F)C(=O)c1ccc(F)c2ccccc12. The van der Waals surface area contributed by atoms with E-state index in [1.54, 1.807) is 18.2 Å². The Bertz CT molecular complexity index is 666. The van der Waals surface area contributed by atoms with Gasteiger partial charge in [-0.1, -0.05) is 24.3 Å². The molecule has 0 unspecified atom stereocenters. The van der Waals surface area contributed by atoms with Gasteiger partial charge in [0.2, 0.25) is 0 Å². The predicted octanol–water partition coefficient (Wildman–Crippen LogP) is 4.00. The number of hydrogen-bond acceptors (Lipinski definition) is 1. The fraction of sp³-hybridized carbons (Fsp3) is 0.267. The topological polar surface area (TPSA) is 20.3 Å². The third-order valence-corrected chi connectivity index (χ3v) is 3.18. The molecule has 0 fully saturated rings. The summed E-state index contributed by atoms with van der Waals surface area (Å²) in [5.74, 6) is -1.03. The Balaban J connectivity index is 2.30. The van der Waals surface area contributed by atoms with Crippen LogP contribution in [0.5, 0.6) is 0 Å². The zero-order valence-corrected chi connectivity index (χ0v) is 11.2. The van der Waals surface area contributed by atoms with Crippen molar-refractivity contribution in [1.82, 2.24) is 4.90 Å². The van der Waals surface area contributed by atoms with E-state index in [1.807, 2.05) is 0 Å². The maximum absolute atomic E-state index is 13.7. The first-order chi connectivity index (χ1) is 9.79. The third kappa shape index (κ3) is 3.51. The molecule has 0 spiro atoms. The quantitative estimate of drug-likeness (QED) is 0.784. The highest BCUT2D eigenvalue weighted by atomic mass is 19.4. The summed E-state index contributed by atoms with van der Waals surface area (Å²) >= 11 is 0. The molecule has 112 valence electrons. The maximum Gasteiger partial charge on any atom is 0.390 e. The molecule has 0 aliphatic carbocycles. The molecule has 2 aromatic rings. The molecule has 0 saturated heterocycles. The number of halogens is 4. The number of carbonyl (C=O) groups is 1. The van der Waals surface area contributed by atoms with E-state index >= 15 is 0 Å². The van der Waals surface area contributed by atoms with Gasteiger partial charge < -0.3 is 4.90 Å². The molecule has 0 aliphatic rings. The molecule has 21 heavy (non-hydrogen) atoms. The molecule has 2 rings (SSSR count). The number of benzene rings is 2. The number of amides is 1. The highest BCUT2D eigenvalue weighted by molar-refractivity contribution is 6.07. The summed E-state index contributed by atoms with van der Waals surface area (Å²) < 4.78 is 50.3. The lowest BCUT2D eigenvalue weighted by Crippen LogP contribution is -2.30. The summed E-state index contributed by atoms with van der Waals surface area (Å²) in [7, 11) is 1.30. The lowest BCUT2D eigenvalue weighted by molar-refractivity contribution is -0.136. The van der Waals surface area contributed by atoms with Crippen LogP contribution in [0.2, 0.25) is 0 Å². The van der Waals surface area contributed by atoms with Gasteiger partial charge in [-0.05, 0) is 17.5 Å². The zero-order valence-electron chi connectivity index (χ0n) is 11.2. The van der Waals surface area contributed by atoms with Crippen molar-refractivity contribution in [2.75, 3.05) is 13.6 Å². The number of fused-ring (bicyclic) bond motifs is 1. The maximum atomic E-state index is 13.7. The molecule has 0 aromatic heterocycles. The average Bonchev–Trinajstić information content (AvgIpc) is 2.44. The molecular weight excluding hydrogens is 286 g/mol. The molecule has 0 bridgehead atoms. The van der Waals surface area contributed by atoms with Gasteiger partial charge >= 0.3 is 6.18 Å². The Hall–Kier alpha value is -2.11. The summed E-state index contributed by atoms with van der Waals surface area (Å²) in [4.78, 5) is 13.2. The molecule has 0 saturated carbocycles. The van der Waals surface area contributed by atoms with E-state index in [0.717, 1.165) is 11.0 Å². The normalized spacial score (nSPS) is 11.7. The van der Waals surface area contributed by atoms with Gasteiger partial charge in [-0.15, -0.1) is 0 Å². The molecular formula is C15H13F4NO. The summed E-state index contributed by atoms with van der Waals surface area (Å²) in [5.41, 5.74) is 0.191. The van der Waals surface area contributed by atoms with Gasteiger partial charge in [0, 0.05) is 24.5 Å². The highest BCUT2D eigenvalue weighted by Gasteiger charge is 2.28. The number of nitrogens with zero attached hydrogens (tertiary/aromatic N) is 1. The van der Waals surface area contributed by atoms with Gasteiger partial charge in [0.05, 0.1) is 6.42 Å². The highest BCUT2D eigenvalue weighted by Crippen LogP contribution is 2.24. The second-order valence-corrected chi connectivity index (χ2v) is 4.73. The first-order valence-electron chi connectivity index (χ1n) is 6.29. The van der Waals surface area contributed by atoms with Gasteiger partial charge in [0.25, 0.3) is 5.91 Å². The molecule has 0 N–H and O–H groups in total. The van der Waals surface area contributed by atoms with Crippen molar-refractivity contribution < 1.29 is 22.4 Å². The second kappa shape index (κ2) is 5.71. The number of carbonyl (C=O) groups excluding carboxylic acids is 1. The van der Waals surface area contributed by atoms with Crippen LogP contribution in [0.4, 0.5) is 17.6 Å². The molecule has 0 radical (unpaired) electrons. The molecule has 2 aromatic carbocycles. The lowest BCUT2D eigenvalue weighted by atomic mass is 10.0. The third-order valence-electron chi connectivity index (χ3n) is 3.18. The van der Waals surface area contributed by atoms with Crippen molar-refractivity contribution in [1.29, 1.82) is 0 Å². The smallest absolute Gasteiger partial charge is 0.341 e.